The smallest absolute Gasteiger partial charge is 0.253 e. The first-order valence-electron chi connectivity index (χ1n) is 7.59. The molecule has 3 nitrogen and oxygen atoms in total. The number of allylic oxidation sites excluding steroid dienone is 1. The van der Waals surface area contributed by atoms with Crippen LogP contribution in [0.3, 0.4) is 0 Å². The Bertz CT molecular complexity index is 610. The van der Waals surface area contributed by atoms with Crippen molar-refractivity contribution in [1.29, 1.82) is 0 Å². The zero-order valence-corrected chi connectivity index (χ0v) is 12.0. The summed E-state index contributed by atoms with van der Waals surface area (Å²) >= 11 is 0. The maximum absolute atomic E-state index is 11.4. The van der Waals surface area contributed by atoms with Crippen LogP contribution in [-0.2, 0) is 9.59 Å². The zero-order chi connectivity index (χ0) is 14.7. The number of imide groups is 1. The van der Waals surface area contributed by atoms with Crippen molar-refractivity contribution in [3.63, 3.8) is 0 Å². The van der Waals surface area contributed by atoms with E-state index in [0.717, 1.165) is 25.7 Å². The Morgan fingerprint density at radius 1 is 0.857 bits per heavy atom. The van der Waals surface area contributed by atoms with Crippen molar-refractivity contribution in [3.05, 3.63) is 47.5 Å². The Labute approximate surface area is 125 Å². The van der Waals surface area contributed by atoms with Gasteiger partial charge in [0.2, 0.25) is 0 Å². The summed E-state index contributed by atoms with van der Waals surface area (Å²) in [5.74, 6) is -0.340. The van der Waals surface area contributed by atoms with Gasteiger partial charge in [-0.1, -0.05) is 43.2 Å². The number of nitrogens with zero attached hydrogens (tertiary/aromatic N) is 1. The lowest BCUT2D eigenvalue weighted by Gasteiger charge is -2.19. The number of carbonyl (C=O) groups excluding carboxylic acids is 2. The van der Waals surface area contributed by atoms with Gasteiger partial charge >= 0.3 is 0 Å². The summed E-state index contributed by atoms with van der Waals surface area (Å²) in [5.41, 5.74) is 4.21. The second kappa shape index (κ2) is 6.08. The van der Waals surface area contributed by atoms with E-state index in [0.29, 0.717) is 6.54 Å². The van der Waals surface area contributed by atoms with E-state index in [-0.39, 0.29) is 11.8 Å². The average molecular weight is 281 g/mol. The van der Waals surface area contributed by atoms with Crippen LogP contribution in [0.2, 0.25) is 0 Å². The molecule has 1 aromatic carbocycles. The number of hydrogen-bond donors (Lipinski definition) is 0. The second-order valence-corrected chi connectivity index (χ2v) is 5.58. The fourth-order valence-electron chi connectivity index (χ4n) is 2.90. The van der Waals surface area contributed by atoms with E-state index in [4.69, 9.17) is 0 Å². The molecule has 1 aliphatic heterocycles. The summed E-state index contributed by atoms with van der Waals surface area (Å²) in [6, 6.07) is 8.49. The molecule has 3 rings (SSSR count). The fraction of sp³-hybridized carbons (Fsp3) is 0.333. The molecule has 2 aliphatic rings. The first-order chi connectivity index (χ1) is 10.3. The van der Waals surface area contributed by atoms with Gasteiger partial charge in [0.05, 0.1) is 0 Å². The van der Waals surface area contributed by atoms with Crippen LogP contribution >= 0.6 is 0 Å². The molecular formula is C18H19NO2. The topological polar surface area (TPSA) is 37.4 Å². The number of rotatable bonds is 7. The Balaban J connectivity index is 1.30. The normalized spacial score (nSPS) is 16.0. The molecule has 0 saturated carbocycles. The summed E-state index contributed by atoms with van der Waals surface area (Å²) < 4.78 is 0. The number of amides is 2. The maximum Gasteiger partial charge on any atom is 0.253 e. The molecule has 0 radical (unpaired) electrons. The highest BCUT2D eigenvalue weighted by Crippen LogP contribution is 2.35. The molecule has 0 spiro atoms. The molecule has 0 fully saturated rings. The van der Waals surface area contributed by atoms with Gasteiger partial charge in [-0.15, -0.1) is 0 Å². The SMILES string of the molecule is O=C1C=CC(=O)N1CCCCCCC1=Cc2ccccc21. The minimum absolute atomic E-state index is 0.170. The molecule has 1 heterocycles. The third-order valence-electron chi connectivity index (χ3n) is 4.11. The summed E-state index contributed by atoms with van der Waals surface area (Å²) in [4.78, 5) is 24.1. The van der Waals surface area contributed by atoms with Gasteiger partial charge in [-0.3, -0.25) is 14.5 Å². The minimum atomic E-state index is -0.170. The Morgan fingerprint density at radius 3 is 2.33 bits per heavy atom. The highest BCUT2D eigenvalue weighted by atomic mass is 16.2. The van der Waals surface area contributed by atoms with Gasteiger partial charge in [0, 0.05) is 18.7 Å². The molecule has 0 saturated heterocycles. The van der Waals surface area contributed by atoms with Gasteiger partial charge < -0.3 is 0 Å². The van der Waals surface area contributed by atoms with E-state index in [9.17, 15) is 9.59 Å². The van der Waals surface area contributed by atoms with Gasteiger partial charge in [-0.25, -0.2) is 0 Å². The third kappa shape index (κ3) is 2.97. The fourth-order valence-corrected chi connectivity index (χ4v) is 2.90. The molecule has 21 heavy (non-hydrogen) atoms. The van der Waals surface area contributed by atoms with Crippen LogP contribution in [0.25, 0.3) is 11.6 Å². The summed E-state index contributed by atoms with van der Waals surface area (Å²) in [5, 5.41) is 0. The highest BCUT2D eigenvalue weighted by Gasteiger charge is 2.22. The van der Waals surface area contributed by atoms with Crippen molar-refractivity contribution < 1.29 is 9.59 Å². The monoisotopic (exact) mass is 281 g/mol. The Morgan fingerprint density at radius 2 is 1.57 bits per heavy atom. The van der Waals surface area contributed by atoms with Crippen LogP contribution in [0.4, 0.5) is 0 Å². The number of fused-ring (bicyclic) bond motifs is 1. The number of unbranched alkanes of at least 4 members (excludes halogenated alkanes) is 3. The highest BCUT2D eigenvalue weighted by molar-refractivity contribution is 6.12. The molecule has 0 atom stereocenters. The van der Waals surface area contributed by atoms with Crippen molar-refractivity contribution in [1.82, 2.24) is 4.90 Å². The summed E-state index contributed by atoms with van der Waals surface area (Å²) in [7, 11) is 0. The lowest BCUT2D eigenvalue weighted by molar-refractivity contribution is -0.136. The number of hydrogen-bond acceptors (Lipinski definition) is 2. The average Bonchev–Trinajstić information content (AvgIpc) is 2.78. The van der Waals surface area contributed by atoms with E-state index >= 15 is 0 Å². The molecule has 108 valence electrons. The lowest BCUT2D eigenvalue weighted by atomic mass is 9.85. The molecular weight excluding hydrogens is 262 g/mol. The van der Waals surface area contributed by atoms with Gasteiger partial charge in [0.1, 0.15) is 0 Å². The van der Waals surface area contributed by atoms with Gasteiger partial charge in [-0.2, -0.15) is 0 Å². The van der Waals surface area contributed by atoms with Crippen LogP contribution in [0.1, 0.15) is 43.2 Å². The molecule has 3 heteroatoms. The summed E-state index contributed by atoms with van der Waals surface area (Å²) in [6.45, 7) is 0.552. The predicted molar refractivity (Wildman–Crippen MR) is 83.3 cm³/mol. The van der Waals surface area contributed by atoms with Crippen molar-refractivity contribution >= 4 is 23.5 Å². The Hall–Kier alpha value is -2.16. The molecule has 0 aromatic heterocycles. The molecule has 1 aromatic rings. The molecule has 1 aliphatic carbocycles. The maximum atomic E-state index is 11.4. The second-order valence-electron chi connectivity index (χ2n) is 5.58. The quantitative estimate of drug-likeness (QED) is 0.567. The standard InChI is InChI=1S/C18H19NO2/c20-17-10-11-18(21)19(17)12-6-2-1-3-7-14-13-15-8-4-5-9-16(14)15/h4-5,8-11,13H,1-3,6-7,12H2. The van der Waals surface area contributed by atoms with Crippen molar-refractivity contribution in [2.75, 3.05) is 6.54 Å². The van der Waals surface area contributed by atoms with Gasteiger partial charge in [0.25, 0.3) is 11.8 Å². The number of carbonyl (C=O) groups is 2. The van der Waals surface area contributed by atoms with E-state index in [1.54, 1.807) is 0 Å². The molecule has 2 amide bonds. The van der Waals surface area contributed by atoms with Crippen LogP contribution in [0.15, 0.2) is 36.4 Å². The first kappa shape index (κ1) is 13.8. The predicted octanol–water partition coefficient (Wildman–Crippen LogP) is 3.42. The van der Waals surface area contributed by atoms with Crippen LogP contribution in [0.5, 0.6) is 0 Å². The van der Waals surface area contributed by atoms with Crippen molar-refractivity contribution in [2.24, 2.45) is 0 Å². The van der Waals surface area contributed by atoms with Crippen LogP contribution in [0, 0.1) is 0 Å². The molecule has 0 N–H and O–H groups in total. The lowest BCUT2D eigenvalue weighted by Crippen LogP contribution is -2.30. The minimum Gasteiger partial charge on any atom is -0.275 e. The Kier molecular flexibility index (Phi) is 4.00. The largest absolute Gasteiger partial charge is 0.275 e. The van der Waals surface area contributed by atoms with Gasteiger partial charge in [0.15, 0.2) is 0 Å². The van der Waals surface area contributed by atoms with E-state index in [1.807, 2.05) is 0 Å². The van der Waals surface area contributed by atoms with Crippen molar-refractivity contribution in [3.8, 4) is 0 Å². The first-order valence-corrected chi connectivity index (χ1v) is 7.59. The van der Waals surface area contributed by atoms with E-state index < -0.39 is 0 Å². The summed E-state index contributed by atoms with van der Waals surface area (Å²) in [6.07, 6.45) is 10.4. The van der Waals surface area contributed by atoms with Crippen molar-refractivity contribution in [2.45, 2.75) is 32.1 Å². The van der Waals surface area contributed by atoms with Gasteiger partial charge in [-0.05, 0) is 36.0 Å². The zero-order valence-electron chi connectivity index (χ0n) is 12.0. The number of benzene rings is 1. The third-order valence-corrected chi connectivity index (χ3v) is 4.11. The molecule has 0 unspecified atom stereocenters. The molecule has 0 bridgehead atoms. The van der Waals surface area contributed by atoms with Crippen LogP contribution < -0.4 is 0 Å². The van der Waals surface area contributed by atoms with E-state index in [2.05, 4.69) is 30.3 Å². The van der Waals surface area contributed by atoms with E-state index in [1.165, 1.54) is 40.2 Å². The van der Waals surface area contributed by atoms with Crippen LogP contribution in [-0.4, -0.2) is 23.3 Å².